The number of para-hydroxylation sites is 1. The first-order valence-electron chi connectivity index (χ1n) is 6.89. The molecule has 3 nitrogen and oxygen atoms in total. The van der Waals surface area contributed by atoms with Crippen molar-refractivity contribution < 1.29 is 22.7 Å². The minimum Gasteiger partial charge on any atom is -0.434 e. The van der Waals surface area contributed by atoms with E-state index in [4.69, 9.17) is 0 Å². The van der Waals surface area contributed by atoms with E-state index < -0.39 is 18.3 Å². The Bertz CT molecular complexity index is 750. The van der Waals surface area contributed by atoms with Crippen LogP contribution in [-0.2, 0) is 11.3 Å². The molecule has 0 aliphatic carbocycles. The first-order valence-corrected chi connectivity index (χ1v) is 7.68. The number of hydrogen-bond acceptors (Lipinski definition) is 2. The normalized spacial score (nSPS) is 11.0. The molecule has 0 saturated carbocycles. The zero-order valence-electron chi connectivity index (χ0n) is 12.3. The Labute approximate surface area is 145 Å². The minimum absolute atomic E-state index is 0.00480. The van der Waals surface area contributed by atoms with Crippen molar-refractivity contribution in [3.05, 3.63) is 70.0 Å². The van der Waals surface area contributed by atoms with Crippen molar-refractivity contribution in [2.24, 2.45) is 0 Å². The van der Waals surface area contributed by atoms with Gasteiger partial charge < -0.3 is 10.1 Å². The van der Waals surface area contributed by atoms with Crippen molar-refractivity contribution in [1.82, 2.24) is 5.32 Å². The van der Waals surface area contributed by atoms with Gasteiger partial charge in [-0.05, 0) is 30.3 Å². The summed E-state index contributed by atoms with van der Waals surface area (Å²) in [6.07, 6.45) is 2.50. The van der Waals surface area contributed by atoms with E-state index in [9.17, 15) is 18.0 Å². The molecule has 0 atom stereocenters. The van der Waals surface area contributed by atoms with Gasteiger partial charge in [0.2, 0.25) is 5.91 Å². The molecule has 0 unspecified atom stereocenters. The predicted octanol–water partition coefficient (Wildman–Crippen LogP) is 4.52. The molecule has 1 amide bonds. The van der Waals surface area contributed by atoms with Gasteiger partial charge in [-0.3, -0.25) is 4.79 Å². The lowest BCUT2D eigenvalue weighted by Gasteiger charge is -2.10. The standard InChI is InChI=1S/C17H13BrF3NO2/c18-13-6-7-14(19)11(9-13)5-8-16(23)22-10-12-3-1-2-4-15(12)24-17(20)21/h1-9,17H,10H2,(H,22,23)/b8-5+. The minimum atomic E-state index is -2.94. The third-order valence-corrected chi connectivity index (χ3v) is 3.51. The van der Waals surface area contributed by atoms with E-state index in [1.165, 1.54) is 30.4 Å². The van der Waals surface area contributed by atoms with E-state index in [0.29, 0.717) is 10.0 Å². The van der Waals surface area contributed by atoms with Gasteiger partial charge in [-0.1, -0.05) is 34.1 Å². The summed E-state index contributed by atoms with van der Waals surface area (Å²) in [6, 6.07) is 10.5. The largest absolute Gasteiger partial charge is 0.434 e. The quantitative estimate of drug-likeness (QED) is 0.725. The van der Waals surface area contributed by atoms with Crippen LogP contribution in [0.25, 0.3) is 6.08 Å². The lowest BCUT2D eigenvalue weighted by atomic mass is 10.2. The molecule has 1 N–H and O–H groups in total. The monoisotopic (exact) mass is 399 g/mol. The summed E-state index contributed by atoms with van der Waals surface area (Å²) in [5.74, 6) is -0.950. The zero-order chi connectivity index (χ0) is 17.5. The first kappa shape index (κ1) is 18.1. The molecule has 126 valence electrons. The summed E-state index contributed by atoms with van der Waals surface area (Å²) in [6.45, 7) is -2.94. The lowest BCUT2D eigenvalue weighted by molar-refractivity contribution is -0.116. The maximum Gasteiger partial charge on any atom is 0.387 e. The van der Waals surface area contributed by atoms with Crippen LogP contribution in [0.3, 0.4) is 0 Å². The Balaban J connectivity index is 1.99. The second kappa shape index (κ2) is 8.54. The van der Waals surface area contributed by atoms with Crippen LogP contribution in [0.4, 0.5) is 13.2 Å². The summed E-state index contributed by atoms with van der Waals surface area (Å²) in [5, 5.41) is 2.53. The number of rotatable bonds is 6. The van der Waals surface area contributed by atoms with Crippen LogP contribution in [0.5, 0.6) is 5.75 Å². The number of nitrogens with one attached hydrogen (secondary N) is 1. The fraction of sp³-hybridized carbons (Fsp3) is 0.118. The number of carbonyl (C=O) groups excluding carboxylic acids is 1. The fourth-order valence-electron chi connectivity index (χ4n) is 1.91. The van der Waals surface area contributed by atoms with Crippen LogP contribution < -0.4 is 10.1 Å². The van der Waals surface area contributed by atoms with Gasteiger partial charge in [-0.25, -0.2) is 4.39 Å². The highest BCUT2D eigenvalue weighted by Crippen LogP contribution is 2.20. The lowest BCUT2D eigenvalue weighted by Crippen LogP contribution is -2.21. The maximum atomic E-state index is 13.6. The molecule has 0 heterocycles. The van der Waals surface area contributed by atoms with E-state index >= 15 is 0 Å². The summed E-state index contributed by atoms with van der Waals surface area (Å²) in [5.41, 5.74) is 0.661. The maximum absolute atomic E-state index is 13.6. The van der Waals surface area contributed by atoms with Crippen molar-refractivity contribution in [2.45, 2.75) is 13.2 Å². The van der Waals surface area contributed by atoms with Crippen LogP contribution >= 0.6 is 15.9 Å². The molecular weight excluding hydrogens is 387 g/mol. The van der Waals surface area contributed by atoms with Gasteiger partial charge in [0.25, 0.3) is 0 Å². The molecule has 0 aliphatic heterocycles. The molecule has 0 spiro atoms. The summed E-state index contributed by atoms with van der Waals surface area (Å²) in [4.78, 5) is 11.8. The molecule has 0 radical (unpaired) electrons. The number of benzene rings is 2. The van der Waals surface area contributed by atoms with Gasteiger partial charge in [0, 0.05) is 28.2 Å². The van der Waals surface area contributed by atoms with E-state index in [-0.39, 0.29) is 17.9 Å². The average Bonchev–Trinajstić information content (AvgIpc) is 2.54. The number of carbonyl (C=O) groups is 1. The predicted molar refractivity (Wildman–Crippen MR) is 88.1 cm³/mol. The van der Waals surface area contributed by atoms with Crippen LogP contribution in [-0.4, -0.2) is 12.5 Å². The van der Waals surface area contributed by atoms with E-state index in [1.54, 1.807) is 24.3 Å². The number of amides is 1. The highest BCUT2D eigenvalue weighted by molar-refractivity contribution is 9.10. The summed E-state index contributed by atoms with van der Waals surface area (Å²) < 4.78 is 43.3. The van der Waals surface area contributed by atoms with E-state index in [2.05, 4.69) is 26.0 Å². The molecule has 2 aromatic rings. The Hall–Kier alpha value is -2.28. The van der Waals surface area contributed by atoms with Gasteiger partial charge >= 0.3 is 6.61 Å². The summed E-state index contributed by atoms with van der Waals surface area (Å²) in [7, 11) is 0. The van der Waals surface area contributed by atoms with Crippen molar-refractivity contribution in [3.8, 4) is 5.75 Å². The average molecular weight is 400 g/mol. The number of ether oxygens (including phenoxy) is 1. The van der Waals surface area contributed by atoms with E-state index in [1.807, 2.05) is 0 Å². The van der Waals surface area contributed by atoms with Crippen LogP contribution in [0, 0.1) is 5.82 Å². The Morgan fingerprint density at radius 1 is 1.25 bits per heavy atom. The molecule has 0 saturated heterocycles. The van der Waals surface area contributed by atoms with Crippen molar-refractivity contribution in [2.75, 3.05) is 0 Å². The Kier molecular flexibility index (Phi) is 6.43. The molecule has 0 bridgehead atoms. The third kappa shape index (κ3) is 5.42. The molecule has 2 aromatic carbocycles. The van der Waals surface area contributed by atoms with Crippen LogP contribution in [0.2, 0.25) is 0 Å². The van der Waals surface area contributed by atoms with Crippen LogP contribution in [0.15, 0.2) is 53.0 Å². The Morgan fingerprint density at radius 2 is 2.00 bits per heavy atom. The van der Waals surface area contributed by atoms with Gasteiger partial charge in [-0.15, -0.1) is 0 Å². The fourth-order valence-corrected chi connectivity index (χ4v) is 2.29. The summed E-state index contributed by atoms with van der Waals surface area (Å²) >= 11 is 3.22. The zero-order valence-corrected chi connectivity index (χ0v) is 13.9. The van der Waals surface area contributed by atoms with Crippen LogP contribution in [0.1, 0.15) is 11.1 Å². The molecular formula is C17H13BrF3NO2. The molecule has 2 rings (SSSR count). The smallest absolute Gasteiger partial charge is 0.387 e. The molecule has 0 aliphatic rings. The molecule has 24 heavy (non-hydrogen) atoms. The number of hydrogen-bond donors (Lipinski definition) is 1. The van der Waals surface area contributed by atoms with Gasteiger partial charge in [0.15, 0.2) is 0 Å². The third-order valence-electron chi connectivity index (χ3n) is 3.01. The second-order valence-electron chi connectivity index (χ2n) is 4.70. The topological polar surface area (TPSA) is 38.3 Å². The SMILES string of the molecule is O=C(/C=C/c1cc(Br)ccc1F)NCc1ccccc1OC(F)F. The molecule has 0 aromatic heterocycles. The Morgan fingerprint density at radius 3 is 2.75 bits per heavy atom. The second-order valence-corrected chi connectivity index (χ2v) is 5.62. The molecule has 7 heteroatoms. The van der Waals surface area contributed by atoms with Gasteiger partial charge in [0.05, 0.1) is 0 Å². The van der Waals surface area contributed by atoms with Gasteiger partial charge in [0.1, 0.15) is 11.6 Å². The highest BCUT2D eigenvalue weighted by atomic mass is 79.9. The van der Waals surface area contributed by atoms with Crippen molar-refractivity contribution in [1.29, 1.82) is 0 Å². The van der Waals surface area contributed by atoms with Crippen molar-refractivity contribution >= 4 is 27.9 Å². The molecule has 0 fully saturated rings. The van der Waals surface area contributed by atoms with Crippen molar-refractivity contribution in [3.63, 3.8) is 0 Å². The highest BCUT2D eigenvalue weighted by Gasteiger charge is 2.09. The number of halogens is 4. The first-order chi connectivity index (χ1) is 11.5. The van der Waals surface area contributed by atoms with E-state index in [0.717, 1.165) is 0 Å². The van der Waals surface area contributed by atoms with Gasteiger partial charge in [-0.2, -0.15) is 8.78 Å². The number of alkyl halides is 2.